The lowest BCUT2D eigenvalue weighted by Crippen LogP contribution is -2.48. The summed E-state index contributed by atoms with van der Waals surface area (Å²) < 4.78 is 5.51. The van der Waals surface area contributed by atoms with Gasteiger partial charge >= 0.3 is 7.12 Å². The fourth-order valence-corrected chi connectivity index (χ4v) is 4.47. The van der Waals surface area contributed by atoms with Crippen LogP contribution in [0.4, 0.5) is 0 Å². The normalized spacial score (nSPS) is 22.7. The third kappa shape index (κ3) is 3.21. The average Bonchev–Trinajstić information content (AvgIpc) is 3.15. The van der Waals surface area contributed by atoms with Crippen molar-refractivity contribution in [1.29, 1.82) is 0 Å². The van der Waals surface area contributed by atoms with Crippen molar-refractivity contribution in [2.45, 2.75) is 50.9 Å². The number of nitrogens with one attached hydrogen (secondary N) is 1. The van der Waals surface area contributed by atoms with Crippen LogP contribution in [0.2, 0.25) is 0 Å². The minimum Gasteiger partial charge on any atom is -0.464 e. The van der Waals surface area contributed by atoms with E-state index in [9.17, 15) is 14.8 Å². The van der Waals surface area contributed by atoms with Gasteiger partial charge < -0.3 is 19.8 Å². The zero-order valence-electron chi connectivity index (χ0n) is 14.3. The fraction of sp³-hybridized carbons (Fsp3) is 0.526. The smallest absolute Gasteiger partial charge is 0.464 e. The van der Waals surface area contributed by atoms with Crippen LogP contribution in [-0.2, 0) is 11.2 Å². The first-order chi connectivity index (χ1) is 12.1. The van der Waals surface area contributed by atoms with Gasteiger partial charge in [0.05, 0.1) is 12.2 Å². The number of rotatable bonds is 5. The van der Waals surface area contributed by atoms with Crippen LogP contribution in [0.5, 0.6) is 0 Å². The summed E-state index contributed by atoms with van der Waals surface area (Å²) in [5.41, 5.74) is 1.82. The zero-order valence-corrected chi connectivity index (χ0v) is 14.3. The molecule has 0 saturated heterocycles. The molecule has 1 aromatic carbocycles. The van der Waals surface area contributed by atoms with E-state index in [1.165, 1.54) is 19.3 Å². The molecule has 3 N–H and O–H groups in total. The Balaban J connectivity index is 1.44. The van der Waals surface area contributed by atoms with Gasteiger partial charge in [-0.25, -0.2) is 0 Å². The van der Waals surface area contributed by atoms with Gasteiger partial charge in [-0.2, -0.15) is 0 Å². The molecular formula is C19H24BNO4. The molecule has 6 heteroatoms. The number of carbonyl (C=O) groups excluding carboxylic acids is 1. The first-order valence-corrected chi connectivity index (χ1v) is 9.21. The Hall–Kier alpha value is -1.79. The van der Waals surface area contributed by atoms with Crippen molar-refractivity contribution in [1.82, 2.24) is 5.32 Å². The minimum absolute atomic E-state index is 0.0344. The molecule has 2 aromatic rings. The van der Waals surface area contributed by atoms with Crippen molar-refractivity contribution >= 4 is 24.0 Å². The summed E-state index contributed by atoms with van der Waals surface area (Å²) in [4.78, 5) is 12.6. The number of para-hydroxylation sites is 1. The summed E-state index contributed by atoms with van der Waals surface area (Å²) in [7, 11) is -1.60. The Labute approximate surface area is 147 Å². The molecule has 5 nitrogen and oxygen atoms in total. The highest BCUT2D eigenvalue weighted by Gasteiger charge is 2.57. The van der Waals surface area contributed by atoms with E-state index in [1.807, 2.05) is 24.3 Å². The van der Waals surface area contributed by atoms with Crippen LogP contribution >= 0.6 is 0 Å². The van der Waals surface area contributed by atoms with Crippen LogP contribution in [0.25, 0.3) is 11.0 Å². The van der Waals surface area contributed by atoms with Gasteiger partial charge in [-0.3, -0.25) is 4.79 Å². The van der Waals surface area contributed by atoms with E-state index in [0.717, 1.165) is 35.8 Å². The molecule has 4 rings (SSSR count). The van der Waals surface area contributed by atoms with E-state index in [4.69, 9.17) is 4.42 Å². The highest BCUT2D eigenvalue weighted by atomic mass is 16.4. The van der Waals surface area contributed by atoms with Crippen molar-refractivity contribution in [2.75, 3.05) is 0 Å². The van der Waals surface area contributed by atoms with Crippen molar-refractivity contribution < 1.29 is 19.3 Å². The standard InChI is InChI=1S/C19H24BNO4/c22-18(15-11-19(15)8-4-1-5-9-19)21-17(20(23)24)10-13-12-25-16-7-3-2-6-14(13)16/h2-3,6-7,12,15,17,23-24H,1,4-5,8-11H2,(H,21,22)/t15?,17-/m0/s1. The van der Waals surface area contributed by atoms with Gasteiger partial charge in [0.25, 0.3) is 0 Å². The van der Waals surface area contributed by atoms with Crippen LogP contribution < -0.4 is 5.32 Å². The summed E-state index contributed by atoms with van der Waals surface area (Å²) >= 11 is 0. The second kappa shape index (κ2) is 6.50. The number of furan rings is 1. The lowest BCUT2D eigenvalue weighted by Gasteiger charge is -2.23. The maximum absolute atomic E-state index is 12.6. The van der Waals surface area contributed by atoms with Crippen LogP contribution in [0.15, 0.2) is 34.9 Å². The Bertz CT molecular complexity index is 766. The van der Waals surface area contributed by atoms with E-state index >= 15 is 0 Å². The SMILES string of the molecule is O=C(N[C@@H](Cc1coc2ccccc12)B(O)O)C1CC12CCCCC2. The molecule has 1 heterocycles. The predicted molar refractivity (Wildman–Crippen MR) is 95.7 cm³/mol. The summed E-state index contributed by atoms with van der Waals surface area (Å²) in [6.45, 7) is 0. The largest absolute Gasteiger partial charge is 0.475 e. The summed E-state index contributed by atoms with van der Waals surface area (Å²) in [5, 5.41) is 23.3. The Morgan fingerprint density at radius 3 is 2.80 bits per heavy atom. The number of hydrogen-bond donors (Lipinski definition) is 3. The number of benzene rings is 1. The van der Waals surface area contributed by atoms with Gasteiger partial charge in [-0.15, -0.1) is 0 Å². The Kier molecular flexibility index (Phi) is 4.34. The maximum Gasteiger partial charge on any atom is 0.475 e. The van der Waals surface area contributed by atoms with Gasteiger partial charge in [-0.1, -0.05) is 37.5 Å². The van der Waals surface area contributed by atoms with Crippen LogP contribution in [0.1, 0.15) is 44.1 Å². The van der Waals surface area contributed by atoms with E-state index in [1.54, 1.807) is 6.26 Å². The summed E-state index contributed by atoms with van der Waals surface area (Å²) in [6.07, 6.45) is 8.84. The van der Waals surface area contributed by atoms with Crippen molar-refractivity contribution in [3.05, 3.63) is 36.1 Å². The number of carbonyl (C=O) groups is 1. The van der Waals surface area contributed by atoms with Crippen LogP contribution in [0, 0.1) is 11.3 Å². The third-order valence-electron chi connectivity index (χ3n) is 6.04. The molecular weight excluding hydrogens is 317 g/mol. The van der Waals surface area contributed by atoms with Gasteiger partial charge in [-0.05, 0) is 42.7 Å². The average molecular weight is 341 g/mol. The minimum atomic E-state index is -1.60. The highest BCUT2D eigenvalue weighted by Crippen LogP contribution is 2.61. The van der Waals surface area contributed by atoms with E-state index < -0.39 is 13.1 Å². The van der Waals surface area contributed by atoms with E-state index in [0.29, 0.717) is 6.42 Å². The molecule has 1 amide bonds. The zero-order chi connectivity index (χ0) is 17.4. The second-order valence-electron chi connectivity index (χ2n) is 7.67. The van der Waals surface area contributed by atoms with E-state index in [2.05, 4.69) is 5.32 Å². The first-order valence-electron chi connectivity index (χ1n) is 9.21. The molecule has 2 aliphatic carbocycles. The molecule has 0 radical (unpaired) electrons. The van der Waals surface area contributed by atoms with Crippen molar-refractivity contribution in [3.63, 3.8) is 0 Å². The fourth-order valence-electron chi connectivity index (χ4n) is 4.47. The maximum atomic E-state index is 12.6. The third-order valence-corrected chi connectivity index (χ3v) is 6.04. The second-order valence-corrected chi connectivity index (χ2v) is 7.67. The van der Waals surface area contributed by atoms with Gasteiger partial charge in [0, 0.05) is 11.3 Å². The van der Waals surface area contributed by atoms with Gasteiger partial charge in [0.15, 0.2) is 0 Å². The summed E-state index contributed by atoms with van der Waals surface area (Å²) in [5.74, 6) is -0.724. The molecule has 25 heavy (non-hydrogen) atoms. The molecule has 1 unspecified atom stereocenters. The molecule has 1 spiro atoms. The predicted octanol–water partition coefficient (Wildman–Crippen LogP) is 2.44. The van der Waals surface area contributed by atoms with Crippen molar-refractivity contribution in [3.8, 4) is 0 Å². The van der Waals surface area contributed by atoms with Crippen LogP contribution in [-0.4, -0.2) is 29.0 Å². The lowest BCUT2D eigenvalue weighted by atomic mass is 9.75. The molecule has 2 aliphatic rings. The molecule has 0 aliphatic heterocycles. The lowest BCUT2D eigenvalue weighted by molar-refractivity contribution is -0.123. The quantitative estimate of drug-likeness (QED) is 0.730. The number of hydrogen-bond acceptors (Lipinski definition) is 4. The molecule has 2 atom stereocenters. The number of fused-ring (bicyclic) bond motifs is 1. The van der Waals surface area contributed by atoms with Crippen molar-refractivity contribution in [2.24, 2.45) is 11.3 Å². The van der Waals surface area contributed by atoms with Crippen LogP contribution in [0.3, 0.4) is 0 Å². The Morgan fingerprint density at radius 2 is 2.04 bits per heavy atom. The van der Waals surface area contributed by atoms with E-state index in [-0.39, 0.29) is 17.2 Å². The molecule has 132 valence electrons. The monoisotopic (exact) mass is 341 g/mol. The first kappa shape index (κ1) is 16.7. The molecule has 2 fully saturated rings. The highest BCUT2D eigenvalue weighted by molar-refractivity contribution is 6.43. The Morgan fingerprint density at radius 1 is 1.28 bits per heavy atom. The molecule has 2 saturated carbocycles. The molecule has 0 bridgehead atoms. The topological polar surface area (TPSA) is 82.7 Å². The number of amides is 1. The van der Waals surface area contributed by atoms with Gasteiger partial charge in [0.2, 0.25) is 5.91 Å². The summed E-state index contributed by atoms with van der Waals surface area (Å²) in [6, 6.07) is 7.63. The molecule has 1 aromatic heterocycles. The van der Waals surface area contributed by atoms with Gasteiger partial charge in [0.1, 0.15) is 5.58 Å².